The summed E-state index contributed by atoms with van der Waals surface area (Å²) in [5.74, 6) is 0.267. The fourth-order valence-electron chi connectivity index (χ4n) is 2.44. The summed E-state index contributed by atoms with van der Waals surface area (Å²) in [6, 6.07) is 13.7. The van der Waals surface area contributed by atoms with Crippen molar-refractivity contribution in [2.24, 2.45) is 0 Å². The zero-order chi connectivity index (χ0) is 22.9. The molecule has 1 aromatic heterocycles. The molecule has 0 radical (unpaired) electrons. The van der Waals surface area contributed by atoms with Crippen LogP contribution in [0.15, 0.2) is 52.9 Å². The zero-order valence-corrected chi connectivity index (χ0v) is 18.3. The van der Waals surface area contributed by atoms with Gasteiger partial charge in [-0.2, -0.15) is 14.0 Å². The van der Waals surface area contributed by atoms with Crippen LogP contribution in [0.25, 0.3) is 6.08 Å². The molecule has 3 rings (SSSR count). The van der Waals surface area contributed by atoms with E-state index < -0.39 is 12.5 Å². The van der Waals surface area contributed by atoms with E-state index in [0.29, 0.717) is 26.4 Å². The first kappa shape index (κ1) is 23.2. The lowest BCUT2D eigenvalue weighted by Crippen LogP contribution is -2.07. The smallest absolute Gasteiger partial charge is 0.387 e. The van der Waals surface area contributed by atoms with Crippen molar-refractivity contribution in [3.05, 3.63) is 65.2 Å². The minimum Gasteiger partial charge on any atom is -0.493 e. The highest BCUT2D eigenvalue weighted by Crippen LogP contribution is 2.30. The topological polar surface area (TPSA) is 97.1 Å². The van der Waals surface area contributed by atoms with Crippen molar-refractivity contribution in [2.45, 2.75) is 16.7 Å². The van der Waals surface area contributed by atoms with Gasteiger partial charge in [-0.25, -0.2) is 0 Å². The molecule has 0 bridgehead atoms. The number of amides is 1. The number of benzene rings is 2. The number of carbonyl (C=O) groups is 1. The van der Waals surface area contributed by atoms with Gasteiger partial charge in [0.25, 0.3) is 0 Å². The fraction of sp³-hybridized carbons (Fsp3) is 0.143. The third-order valence-electron chi connectivity index (χ3n) is 3.91. The first-order valence-corrected chi connectivity index (χ1v) is 10.8. The predicted octanol–water partition coefficient (Wildman–Crippen LogP) is 4.96. The highest BCUT2D eigenvalue weighted by Gasteiger charge is 2.11. The van der Waals surface area contributed by atoms with Crippen molar-refractivity contribution in [3.8, 4) is 17.6 Å². The van der Waals surface area contributed by atoms with Crippen LogP contribution in [0.3, 0.4) is 0 Å². The molecule has 1 N–H and O–H groups in total. The average Bonchev–Trinajstić information content (AvgIpc) is 3.24. The summed E-state index contributed by atoms with van der Waals surface area (Å²) in [7, 11) is 1.33. The number of rotatable bonds is 9. The number of carbonyl (C=O) groups excluding carboxylic acids is 1. The molecule has 7 nitrogen and oxygen atoms in total. The molecule has 0 atom stereocenters. The molecule has 0 saturated heterocycles. The molecule has 0 unspecified atom stereocenters. The van der Waals surface area contributed by atoms with Gasteiger partial charge >= 0.3 is 6.61 Å². The summed E-state index contributed by atoms with van der Waals surface area (Å²) in [5.41, 5.74) is 2.20. The van der Waals surface area contributed by atoms with E-state index in [4.69, 9.17) is 10.00 Å². The Kier molecular flexibility index (Phi) is 8.13. The van der Waals surface area contributed by atoms with Crippen LogP contribution in [0.4, 0.5) is 13.9 Å². The van der Waals surface area contributed by atoms with Crippen LogP contribution in [-0.4, -0.2) is 29.8 Å². The quantitative estimate of drug-likeness (QED) is 0.266. The van der Waals surface area contributed by atoms with Gasteiger partial charge in [0.2, 0.25) is 11.0 Å². The maximum absolute atomic E-state index is 12.4. The van der Waals surface area contributed by atoms with E-state index >= 15 is 0 Å². The number of aromatic nitrogens is 2. The zero-order valence-electron chi connectivity index (χ0n) is 16.6. The second kappa shape index (κ2) is 11.2. The third kappa shape index (κ3) is 6.76. The largest absolute Gasteiger partial charge is 0.493 e. The normalized spacial score (nSPS) is 10.8. The van der Waals surface area contributed by atoms with Crippen LogP contribution in [-0.2, 0) is 10.5 Å². The van der Waals surface area contributed by atoms with Crippen LogP contribution in [0.1, 0.15) is 16.7 Å². The molecular weight excluding hydrogens is 458 g/mol. The molecule has 1 amide bonds. The van der Waals surface area contributed by atoms with Gasteiger partial charge < -0.3 is 9.47 Å². The summed E-state index contributed by atoms with van der Waals surface area (Å²) < 4.78 is 34.9. The number of anilines is 1. The Balaban J connectivity index is 1.54. The number of ether oxygens (including phenoxy) is 2. The average molecular weight is 475 g/mol. The fourth-order valence-corrected chi connectivity index (χ4v) is 4.15. The molecule has 32 heavy (non-hydrogen) atoms. The second-order valence-corrected chi connectivity index (χ2v) is 8.28. The molecule has 3 aromatic rings. The first-order chi connectivity index (χ1) is 15.5. The minimum absolute atomic E-state index is 0.0935. The maximum Gasteiger partial charge on any atom is 0.387 e. The standard InChI is InChI=1S/C21H16F2N4O3S2/c1-29-17-10-13(6-8-16(17)30-19(22)23)7-9-18(28)25-20-26-27-21(32-20)31-12-15-4-2-14(11-24)3-5-15/h2-10,19H,12H2,1H3,(H,25,26,28)/b9-7+. The third-order valence-corrected chi connectivity index (χ3v) is 5.96. The van der Waals surface area contributed by atoms with E-state index in [2.05, 4.69) is 26.3 Å². The summed E-state index contributed by atoms with van der Waals surface area (Å²) in [4.78, 5) is 12.2. The Bertz CT molecular complexity index is 1140. The van der Waals surface area contributed by atoms with Crippen molar-refractivity contribution in [3.63, 3.8) is 0 Å². The molecular formula is C21H16F2N4O3S2. The molecule has 164 valence electrons. The Labute approximate surface area is 190 Å². The van der Waals surface area contributed by atoms with Gasteiger partial charge in [-0.1, -0.05) is 41.3 Å². The van der Waals surface area contributed by atoms with Crippen molar-refractivity contribution in [2.75, 3.05) is 12.4 Å². The van der Waals surface area contributed by atoms with E-state index in [1.165, 1.54) is 60.6 Å². The summed E-state index contributed by atoms with van der Waals surface area (Å²) in [6.07, 6.45) is 2.79. The number of hydrogen-bond acceptors (Lipinski definition) is 8. The predicted molar refractivity (Wildman–Crippen MR) is 118 cm³/mol. The SMILES string of the molecule is COc1cc(/C=C/C(=O)Nc2nnc(SCc3ccc(C#N)cc3)s2)ccc1OC(F)F. The molecule has 0 saturated carbocycles. The maximum atomic E-state index is 12.4. The van der Waals surface area contributed by atoms with Crippen molar-refractivity contribution in [1.82, 2.24) is 10.2 Å². The van der Waals surface area contributed by atoms with E-state index in [9.17, 15) is 13.6 Å². The second-order valence-electron chi connectivity index (χ2n) is 6.08. The van der Waals surface area contributed by atoms with Crippen LogP contribution in [0.5, 0.6) is 11.5 Å². The first-order valence-electron chi connectivity index (χ1n) is 9.04. The number of nitrogens with zero attached hydrogens (tertiary/aromatic N) is 3. The Morgan fingerprint density at radius 3 is 2.72 bits per heavy atom. The van der Waals surface area contributed by atoms with Crippen LogP contribution < -0.4 is 14.8 Å². The Morgan fingerprint density at radius 2 is 2.03 bits per heavy atom. The summed E-state index contributed by atoms with van der Waals surface area (Å²) >= 11 is 2.71. The number of hydrogen-bond donors (Lipinski definition) is 1. The molecule has 1 heterocycles. The Hall–Kier alpha value is -3.49. The highest BCUT2D eigenvalue weighted by molar-refractivity contribution is 8.00. The minimum atomic E-state index is -2.96. The molecule has 2 aromatic carbocycles. The van der Waals surface area contributed by atoms with Gasteiger partial charge in [0.1, 0.15) is 0 Å². The molecule has 0 aliphatic heterocycles. The molecule has 0 aliphatic carbocycles. The monoisotopic (exact) mass is 474 g/mol. The van der Waals surface area contributed by atoms with Gasteiger partial charge in [-0.15, -0.1) is 10.2 Å². The lowest BCUT2D eigenvalue weighted by molar-refractivity contribution is -0.111. The summed E-state index contributed by atoms with van der Waals surface area (Å²) in [5, 5.41) is 19.8. The van der Waals surface area contributed by atoms with E-state index in [-0.39, 0.29) is 11.5 Å². The lowest BCUT2D eigenvalue weighted by atomic mass is 10.2. The summed E-state index contributed by atoms with van der Waals surface area (Å²) in [6.45, 7) is -2.96. The van der Waals surface area contributed by atoms with Crippen LogP contribution >= 0.6 is 23.1 Å². The van der Waals surface area contributed by atoms with Gasteiger partial charge in [0.05, 0.1) is 18.7 Å². The van der Waals surface area contributed by atoms with Crippen molar-refractivity contribution >= 4 is 40.2 Å². The van der Waals surface area contributed by atoms with Crippen molar-refractivity contribution < 1.29 is 23.0 Å². The number of nitriles is 1. The van der Waals surface area contributed by atoms with Gasteiger partial charge in [0.15, 0.2) is 15.8 Å². The van der Waals surface area contributed by atoms with Gasteiger partial charge in [-0.3, -0.25) is 10.1 Å². The van der Waals surface area contributed by atoms with E-state index in [1.807, 2.05) is 12.1 Å². The molecule has 0 spiro atoms. The Morgan fingerprint density at radius 1 is 1.25 bits per heavy atom. The number of halogens is 2. The molecule has 0 aliphatic rings. The van der Waals surface area contributed by atoms with Gasteiger partial charge in [-0.05, 0) is 41.5 Å². The van der Waals surface area contributed by atoms with Crippen LogP contribution in [0, 0.1) is 11.3 Å². The highest BCUT2D eigenvalue weighted by atomic mass is 32.2. The number of methoxy groups -OCH3 is 1. The van der Waals surface area contributed by atoms with Gasteiger partial charge in [0, 0.05) is 11.8 Å². The number of nitrogens with one attached hydrogen (secondary N) is 1. The molecule has 0 fully saturated rings. The number of thioether (sulfide) groups is 1. The van der Waals surface area contributed by atoms with Crippen molar-refractivity contribution in [1.29, 1.82) is 5.26 Å². The number of alkyl halides is 2. The molecule has 11 heteroatoms. The lowest BCUT2D eigenvalue weighted by Gasteiger charge is -2.10. The van der Waals surface area contributed by atoms with E-state index in [1.54, 1.807) is 12.1 Å². The van der Waals surface area contributed by atoms with E-state index in [0.717, 1.165) is 5.56 Å². The van der Waals surface area contributed by atoms with Crippen LogP contribution in [0.2, 0.25) is 0 Å².